The van der Waals surface area contributed by atoms with Crippen molar-refractivity contribution in [2.45, 2.75) is 33.1 Å². The maximum absolute atomic E-state index is 10.7. The molecule has 12 heavy (non-hydrogen) atoms. The third-order valence-corrected chi connectivity index (χ3v) is 1.70. The van der Waals surface area contributed by atoms with E-state index in [0.717, 1.165) is 6.42 Å². The van der Waals surface area contributed by atoms with E-state index < -0.39 is 0 Å². The average molecular weight is 172 g/mol. The van der Waals surface area contributed by atoms with Crippen LogP contribution in [0.5, 0.6) is 0 Å². The van der Waals surface area contributed by atoms with Crippen LogP contribution in [0.1, 0.15) is 33.1 Å². The van der Waals surface area contributed by atoms with Gasteiger partial charge in [0.25, 0.3) is 0 Å². The van der Waals surface area contributed by atoms with Crippen molar-refractivity contribution < 1.29 is 14.3 Å². The Morgan fingerprint density at radius 2 is 2.00 bits per heavy atom. The molecule has 0 spiro atoms. The molecule has 0 heterocycles. The molecule has 0 aliphatic rings. The Balaban J connectivity index is 3.50. The Kier molecular flexibility index (Phi) is 5.34. The van der Waals surface area contributed by atoms with E-state index in [1.165, 1.54) is 7.11 Å². The van der Waals surface area contributed by atoms with Gasteiger partial charge in [-0.3, -0.25) is 4.79 Å². The highest BCUT2D eigenvalue weighted by atomic mass is 16.5. The molecule has 1 atom stereocenters. The summed E-state index contributed by atoms with van der Waals surface area (Å²) >= 11 is 0. The Bertz CT molecular complexity index is 163. The minimum absolute atomic E-state index is 0.173. The number of rotatable bonds is 5. The topological polar surface area (TPSA) is 43.4 Å². The number of hydrogen-bond donors (Lipinski definition) is 0. The molecule has 0 aromatic rings. The van der Waals surface area contributed by atoms with Gasteiger partial charge in [-0.25, -0.2) is 0 Å². The number of ketones is 1. The number of Topliss-reactive ketones (excluding diaryl/α,β-unsaturated/α-hetero) is 1. The molecular weight excluding hydrogens is 156 g/mol. The summed E-state index contributed by atoms with van der Waals surface area (Å²) in [6.45, 7) is 3.53. The summed E-state index contributed by atoms with van der Waals surface area (Å²) in [4.78, 5) is 21.3. The van der Waals surface area contributed by atoms with Gasteiger partial charge in [0.1, 0.15) is 5.78 Å². The van der Waals surface area contributed by atoms with E-state index >= 15 is 0 Å². The van der Waals surface area contributed by atoms with E-state index in [2.05, 4.69) is 4.74 Å². The van der Waals surface area contributed by atoms with Crippen LogP contribution in [-0.2, 0) is 14.3 Å². The standard InChI is InChI=1S/C9H16O3/c1-7(6-8(2)10)4-5-9(11)12-3/h7H,4-6H2,1-3H3. The zero-order chi connectivity index (χ0) is 9.56. The van der Waals surface area contributed by atoms with Gasteiger partial charge in [-0.1, -0.05) is 6.92 Å². The first kappa shape index (κ1) is 11.1. The van der Waals surface area contributed by atoms with Gasteiger partial charge in [0.15, 0.2) is 0 Å². The van der Waals surface area contributed by atoms with Crippen molar-refractivity contribution in [2.75, 3.05) is 7.11 Å². The van der Waals surface area contributed by atoms with Crippen molar-refractivity contribution >= 4 is 11.8 Å². The number of methoxy groups -OCH3 is 1. The van der Waals surface area contributed by atoms with Crippen LogP contribution in [0.4, 0.5) is 0 Å². The van der Waals surface area contributed by atoms with Crippen molar-refractivity contribution in [1.29, 1.82) is 0 Å². The lowest BCUT2D eigenvalue weighted by atomic mass is 10.00. The lowest BCUT2D eigenvalue weighted by Crippen LogP contribution is -2.06. The van der Waals surface area contributed by atoms with Gasteiger partial charge < -0.3 is 9.53 Å². The third-order valence-electron chi connectivity index (χ3n) is 1.70. The fourth-order valence-electron chi connectivity index (χ4n) is 1.06. The second-order valence-electron chi connectivity index (χ2n) is 3.13. The lowest BCUT2D eigenvalue weighted by molar-refractivity contribution is -0.141. The third kappa shape index (κ3) is 5.89. The van der Waals surface area contributed by atoms with Crippen LogP contribution in [0.25, 0.3) is 0 Å². The van der Waals surface area contributed by atoms with Crippen molar-refractivity contribution in [3.63, 3.8) is 0 Å². The number of hydrogen-bond acceptors (Lipinski definition) is 3. The van der Waals surface area contributed by atoms with E-state index in [-0.39, 0.29) is 17.7 Å². The first-order chi connectivity index (χ1) is 5.56. The normalized spacial score (nSPS) is 12.2. The molecule has 70 valence electrons. The fraction of sp³-hybridized carbons (Fsp3) is 0.778. The van der Waals surface area contributed by atoms with Crippen molar-refractivity contribution in [2.24, 2.45) is 5.92 Å². The summed E-state index contributed by atoms with van der Waals surface area (Å²) in [7, 11) is 1.37. The van der Waals surface area contributed by atoms with Crippen LogP contribution in [0.3, 0.4) is 0 Å². The van der Waals surface area contributed by atoms with Gasteiger partial charge in [0, 0.05) is 12.8 Å². The van der Waals surface area contributed by atoms with Gasteiger partial charge >= 0.3 is 5.97 Å². The molecule has 0 bridgehead atoms. The second kappa shape index (κ2) is 5.75. The van der Waals surface area contributed by atoms with Gasteiger partial charge in [-0.2, -0.15) is 0 Å². The average Bonchev–Trinajstić information content (AvgIpc) is 1.99. The largest absolute Gasteiger partial charge is 0.469 e. The summed E-state index contributed by atoms with van der Waals surface area (Å²) in [5, 5.41) is 0. The van der Waals surface area contributed by atoms with Crippen molar-refractivity contribution in [3.8, 4) is 0 Å². The molecular formula is C9H16O3. The van der Waals surface area contributed by atoms with Crippen LogP contribution in [0, 0.1) is 5.92 Å². The monoisotopic (exact) mass is 172 g/mol. The summed E-state index contributed by atoms with van der Waals surface area (Å²) in [5.74, 6) is 0.249. The van der Waals surface area contributed by atoms with Gasteiger partial charge in [0.05, 0.1) is 7.11 Å². The molecule has 0 rings (SSSR count). The summed E-state index contributed by atoms with van der Waals surface area (Å²) < 4.78 is 4.48. The number of carbonyl (C=O) groups is 2. The smallest absolute Gasteiger partial charge is 0.305 e. The summed E-state index contributed by atoms with van der Waals surface area (Å²) in [6.07, 6.45) is 1.69. The van der Waals surface area contributed by atoms with E-state index in [9.17, 15) is 9.59 Å². The minimum Gasteiger partial charge on any atom is -0.469 e. The molecule has 0 aliphatic heterocycles. The highest BCUT2D eigenvalue weighted by Gasteiger charge is 2.08. The predicted octanol–water partition coefficient (Wildman–Crippen LogP) is 1.55. The second-order valence-corrected chi connectivity index (χ2v) is 3.13. The molecule has 0 radical (unpaired) electrons. The summed E-state index contributed by atoms with van der Waals surface area (Å²) in [5.41, 5.74) is 0. The number of esters is 1. The van der Waals surface area contributed by atoms with Gasteiger partial charge in [0.2, 0.25) is 0 Å². The maximum Gasteiger partial charge on any atom is 0.305 e. The molecule has 0 saturated carbocycles. The van der Waals surface area contributed by atoms with Crippen molar-refractivity contribution in [1.82, 2.24) is 0 Å². The van der Waals surface area contributed by atoms with Crippen LogP contribution in [0.2, 0.25) is 0 Å². The zero-order valence-electron chi connectivity index (χ0n) is 7.92. The minimum atomic E-state index is -0.203. The molecule has 3 heteroatoms. The Morgan fingerprint density at radius 3 is 2.42 bits per heavy atom. The summed E-state index contributed by atoms with van der Waals surface area (Å²) in [6, 6.07) is 0. The number of ether oxygens (including phenoxy) is 1. The van der Waals surface area contributed by atoms with Gasteiger partial charge in [-0.05, 0) is 19.3 Å². The first-order valence-corrected chi connectivity index (χ1v) is 4.12. The zero-order valence-corrected chi connectivity index (χ0v) is 7.92. The van der Waals surface area contributed by atoms with Crippen LogP contribution in [-0.4, -0.2) is 18.9 Å². The maximum atomic E-state index is 10.7. The molecule has 0 aromatic carbocycles. The van der Waals surface area contributed by atoms with Crippen LogP contribution >= 0.6 is 0 Å². The molecule has 1 unspecified atom stereocenters. The Hall–Kier alpha value is -0.860. The Labute approximate surface area is 73.1 Å². The van der Waals surface area contributed by atoms with Crippen molar-refractivity contribution in [3.05, 3.63) is 0 Å². The quantitative estimate of drug-likeness (QED) is 0.591. The van der Waals surface area contributed by atoms with Crippen LogP contribution < -0.4 is 0 Å². The SMILES string of the molecule is COC(=O)CCC(C)CC(C)=O. The first-order valence-electron chi connectivity index (χ1n) is 4.12. The molecule has 3 nitrogen and oxygen atoms in total. The molecule has 0 aromatic heterocycles. The van der Waals surface area contributed by atoms with E-state index in [4.69, 9.17) is 0 Å². The highest BCUT2D eigenvalue weighted by Crippen LogP contribution is 2.10. The predicted molar refractivity (Wildman–Crippen MR) is 45.7 cm³/mol. The Morgan fingerprint density at radius 1 is 1.42 bits per heavy atom. The van der Waals surface area contributed by atoms with Gasteiger partial charge in [-0.15, -0.1) is 0 Å². The molecule has 0 aliphatic carbocycles. The molecule has 0 fully saturated rings. The van der Waals surface area contributed by atoms with E-state index in [1.54, 1.807) is 6.92 Å². The highest BCUT2D eigenvalue weighted by molar-refractivity contribution is 5.75. The molecule has 0 amide bonds. The van der Waals surface area contributed by atoms with E-state index in [1.807, 2.05) is 6.92 Å². The molecule has 0 saturated heterocycles. The molecule has 0 N–H and O–H groups in total. The van der Waals surface area contributed by atoms with Crippen LogP contribution in [0.15, 0.2) is 0 Å². The lowest BCUT2D eigenvalue weighted by Gasteiger charge is -2.06. The number of carbonyl (C=O) groups excluding carboxylic acids is 2. The fourth-order valence-corrected chi connectivity index (χ4v) is 1.06. The van der Waals surface area contributed by atoms with E-state index in [0.29, 0.717) is 12.8 Å².